The third-order valence-electron chi connectivity index (χ3n) is 10.8. The Morgan fingerprint density at radius 1 is 0.938 bits per heavy atom. The molecule has 3 unspecified atom stereocenters. The van der Waals surface area contributed by atoms with E-state index in [0.717, 1.165) is 65.3 Å². The van der Waals surface area contributed by atoms with Crippen LogP contribution in [-0.4, -0.2) is 47.5 Å². The maximum Gasteiger partial charge on any atom is 0.262 e. The molecule has 1 saturated carbocycles. The molecule has 1 aromatic carbocycles. The van der Waals surface area contributed by atoms with Crippen molar-refractivity contribution in [2.24, 2.45) is 23.7 Å². The second-order valence-corrected chi connectivity index (χ2v) is 16.6. The zero-order chi connectivity index (χ0) is 33.7. The van der Waals surface area contributed by atoms with Crippen molar-refractivity contribution in [1.29, 1.82) is 0 Å². The summed E-state index contributed by atoms with van der Waals surface area (Å²) in [7, 11) is 0. The van der Waals surface area contributed by atoms with Crippen LogP contribution in [0.3, 0.4) is 0 Å². The molecular formula is C40H53N5O2S. The molecule has 2 amide bonds. The van der Waals surface area contributed by atoms with Gasteiger partial charge >= 0.3 is 0 Å². The van der Waals surface area contributed by atoms with Crippen molar-refractivity contribution in [3.8, 4) is 11.4 Å². The Morgan fingerprint density at radius 3 is 2.31 bits per heavy atom. The van der Waals surface area contributed by atoms with Crippen LogP contribution in [0, 0.1) is 23.7 Å². The lowest BCUT2D eigenvalue weighted by Crippen LogP contribution is -2.49. The molecule has 0 spiro atoms. The van der Waals surface area contributed by atoms with Gasteiger partial charge in [0.15, 0.2) is 5.82 Å². The lowest BCUT2D eigenvalue weighted by atomic mass is 9.71. The number of nitrogens with zero attached hydrogens (tertiary/aromatic N) is 2. The van der Waals surface area contributed by atoms with Crippen molar-refractivity contribution in [1.82, 2.24) is 25.9 Å². The summed E-state index contributed by atoms with van der Waals surface area (Å²) in [6, 6.07) is 11.2. The van der Waals surface area contributed by atoms with Crippen molar-refractivity contribution < 1.29 is 9.59 Å². The first-order valence-corrected chi connectivity index (χ1v) is 18.9. The van der Waals surface area contributed by atoms with Gasteiger partial charge < -0.3 is 16.0 Å². The van der Waals surface area contributed by atoms with E-state index < -0.39 is 6.04 Å². The molecule has 3 aromatic rings. The van der Waals surface area contributed by atoms with E-state index in [2.05, 4.69) is 49.7 Å². The number of thiophene rings is 1. The van der Waals surface area contributed by atoms with Crippen molar-refractivity contribution in [2.75, 3.05) is 19.6 Å². The lowest BCUT2D eigenvalue weighted by molar-refractivity contribution is -0.123. The molecule has 256 valence electrons. The van der Waals surface area contributed by atoms with Gasteiger partial charge in [-0.15, -0.1) is 11.3 Å². The minimum atomic E-state index is -0.682. The van der Waals surface area contributed by atoms with Crippen molar-refractivity contribution >= 4 is 28.7 Å². The van der Waals surface area contributed by atoms with Crippen LogP contribution in [0.25, 0.3) is 17.0 Å². The van der Waals surface area contributed by atoms with E-state index in [1.807, 2.05) is 48.8 Å². The molecule has 8 heteroatoms. The van der Waals surface area contributed by atoms with Crippen molar-refractivity contribution in [3.63, 3.8) is 0 Å². The molecule has 2 fully saturated rings. The highest BCUT2D eigenvalue weighted by Gasteiger charge is 2.28. The van der Waals surface area contributed by atoms with E-state index in [9.17, 15) is 9.59 Å². The van der Waals surface area contributed by atoms with Gasteiger partial charge in [0.1, 0.15) is 6.04 Å². The molecule has 2 aromatic heterocycles. The number of hydrogen-bond donors (Lipinski definition) is 3. The maximum atomic E-state index is 13.4. The molecule has 3 aliphatic rings. The van der Waals surface area contributed by atoms with Crippen LogP contribution in [0.1, 0.15) is 105 Å². The van der Waals surface area contributed by atoms with E-state index in [0.29, 0.717) is 29.6 Å². The Morgan fingerprint density at radius 2 is 1.69 bits per heavy atom. The number of aromatic nitrogens is 2. The van der Waals surface area contributed by atoms with Crippen LogP contribution >= 0.6 is 11.3 Å². The number of carbonyl (C=O) groups is 2. The molecule has 6 rings (SSSR count). The van der Waals surface area contributed by atoms with Gasteiger partial charge in [-0.25, -0.2) is 9.97 Å². The molecule has 0 bridgehead atoms. The summed E-state index contributed by atoms with van der Waals surface area (Å²) in [5.41, 5.74) is 4.37. The van der Waals surface area contributed by atoms with E-state index in [4.69, 9.17) is 9.97 Å². The number of carbonyl (C=O) groups excluding carboxylic acids is 2. The van der Waals surface area contributed by atoms with E-state index in [1.54, 1.807) is 0 Å². The summed E-state index contributed by atoms with van der Waals surface area (Å²) in [5, 5.41) is 9.50. The normalized spacial score (nSPS) is 23.7. The van der Waals surface area contributed by atoms with Crippen LogP contribution in [-0.2, 0) is 16.6 Å². The molecule has 3 heterocycles. The predicted octanol–water partition coefficient (Wildman–Crippen LogP) is 7.58. The van der Waals surface area contributed by atoms with Gasteiger partial charge in [-0.05, 0) is 104 Å². The summed E-state index contributed by atoms with van der Waals surface area (Å²) in [6.45, 7) is 11.3. The molecule has 1 saturated heterocycles. The average molecular weight is 668 g/mol. The summed E-state index contributed by atoms with van der Waals surface area (Å²) in [4.78, 5) is 38.0. The fraction of sp³-hybridized carbons (Fsp3) is 0.550. The first-order valence-electron chi connectivity index (χ1n) is 18.1. The number of allylic oxidation sites excluding steroid dienone is 2. The van der Waals surface area contributed by atoms with Crippen LogP contribution in [0.4, 0.5) is 0 Å². The fourth-order valence-electron chi connectivity index (χ4n) is 7.53. The van der Waals surface area contributed by atoms with Crippen LogP contribution in [0.2, 0.25) is 0 Å². The third-order valence-corrected chi connectivity index (χ3v) is 12.3. The Hall–Kier alpha value is -3.36. The third kappa shape index (κ3) is 8.80. The number of amides is 2. The average Bonchev–Trinajstić information content (AvgIpc) is 3.81. The molecule has 0 radical (unpaired) electrons. The van der Waals surface area contributed by atoms with Crippen LogP contribution < -0.4 is 16.0 Å². The highest BCUT2D eigenvalue weighted by Crippen LogP contribution is 2.41. The number of nitrogens with one attached hydrogen (secondary N) is 3. The Labute approximate surface area is 290 Å². The number of benzene rings is 1. The molecule has 2 aliphatic carbocycles. The SMILES string of the molecule is CC1CCC(C2CC=C(c3cnc(-c4ccc(CC(NC(=O)c5ccc(C(C)(C)C)s5)C(=O)NCC5CCNC5)cc4)nc3)CC2)CC1. The van der Waals surface area contributed by atoms with Gasteiger partial charge in [-0.3, -0.25) is 9.59 Å². The Kier molecular flexibility index (Phi) is 11.1. The molecule has 48 heavy (non-hydrogen) atoms. The predicted molar refractivity (Wildman–Crippen MR) is 196 cm³/mol. The standard InChI is InChI=1S/C40H53N5O2S/c1-26-5-9-29(10-6-26)30-13-15-31(16-14-30)33-24-42-37(43-25-33)32-11-7-27(8-12-32)21-34(38(46)44-23-28-19-20-41-22-28)45-39(47)35-17-18-36(48-35)40(2,3)4/h7-8,11-12,15,17-18,24-26,28-30,34,41H,5-6,9-10,13-14,16,19-23H2,1-4H3,(H,44,46)(H,45,47). The van der Waals surface area contributed by atoms with E-state index in [1.165, 1.54) is 55.4 Å². The van der Waals surface area contributed by atoms with Crippen LogP contribution in [0.15, 0.2) is 54.9 Å². The quantitative estimate of drug-likeness (QED) is 0.207. The smallest absolute Gasteiger partial charge is 0.262 e. The number of hydrogen-bond acceptors (Lipinski definition) is 6. The Bertz CT molecular complexity index is 1560. The molecule has 3 N–H and O–H groups in total. The summed E-state index contributed by atoms with van der Waals surface area (Å²) in [5.74, 6) is 3.38. The molecular weight excluding hydrogens is 615 g/mol. The zero-order valence-electron chi connectivity index (χ0n) is 29.2. The van der Waals surface area contributed by atoms with Gasteiger partial charge in [0.05, 0.1) is 4.88 Å². The topological polar surface area (TPSA) is 96.0 Å². The van der Waals surface area contributed by atoms with Gasteiger partial charge in [-0.2, -0.15) is 0 Å². The van der Waals surface area contributed by atoms with Crippen molar-refractivity contribution in [3.05, 3.63) is 75.7 Å². The maximum absolute atomic E-state index is 13.4. The highest BCUT2D eigenvalue weighted by molar-refractivity contribution is 7.14. The largest absolute Gasteiger partial charge is 0.354 e. The van der Waals surface area contributed by atoms with Crippen molar-refractivity contribution in [2.45, 2.75) is 96.9 Å². The van der Waals surface area contributed by atoms with Crippen LogP contribution in [0.5, 0.6) is 0 Å². The second kappa shape index (κ2) is 15.5. The van der Waals surface area contributed by atoms with E-state index >= 15 is 0 Å². The van der Waals surface area contributed by atoms with Gasteiger partial charge in [0.2, 0.25) is 5.91 Å². The van der Waals surface area contributed by atoms with Gasteiger partial charge in [-0.1, -0.05) is 70.9 Å². The Balaban J connectivity index is 1.08. The summed E-state index contributed by atoms with van der Waals surface area (Å²) in [6.07, 6.45) is 17.0. The van der Waals surface area contributed by atoms with Gasteiger partial charge in [0, 0.05) is 41.4 Å². The summed E-state index contributed by atoms with van der Waals surface area (Å²) < 4.78 is 0. The van der Waals surface area contributed by atoms with E-state index in [-0.39, 0.29) is 17.2 Å². The minimum Gasteiger partial charge on any atom is -0.354 e. The highest BCUT2D eigenvalue weighted by atomic mass is 32.1. The van der Waals surface area contributed by atoms with Gasteiger partial charge in [0.25, 0.3) is 5.91 Å². The first-order chi connectivity index (χ1) is 23.1. The first kappa shape index (κ1) is 34.5. The molecule has 7 nitrogen and oxygen atoms in total. The number of rotatable bonds is 10. The molecule has 1 aliphatic heterocycles. The zero-order valence-corrected chi connectivity index (χ0v) is 30.0. The second-order valence-electron chi connectivity index (χ2n) is 15.5. The fourth-order valence-corrected chi connectivity index (χ4v) is 8.50. The lowest BCUT2D eigenvalue weighted by Gasteiger charge is -2.34. The summed E-state index contributed by atoms with van der Waals surface area (Å²) >= 11 is 1.49. The monoisotopic (exact) mass is 667 g/mol. The minimum absolute atomic E-state index is 0.0366. The molecule has 3 atom stereocenters.